The van der Waals surface area contributed by atoms with Crippen molar-refractivity contribution in [3.05, 3.63) is 35.4 Å². The molecule has 1 aromatic carbocycles. The topological polar surface area (TPSA) is 18.5 Å². The van der Waals surface area contributed by atoms with Gasteiger partial charge in [-0.05, 0) is 31.7 Å². The standard InChI is InChI=1S/C13H19F2N3/c1-10(11-7-12(14)9-13(15)8-11)16-18-5-3-17(2)4-6-18/h7-10,16H,3-6H2,1-2H3. The maximum absolute atomic E-state index is 13.1. The van der Waals surface area contributed by atoms with E-state index < -0.39 is 11.6 Å². The first kappa shape index (κ1) is 13.4. The summed E-state index contributed by atoms with van der Waals surface area (Å²) in [5.41, 5.74) is 3.91. The zero-order valence-corrected chi connectivity index (χ0v) is 10.8. The largest absolute Gasteiger partial charge is 0.304 e. The highest BCUT2D eigenvalue weighted by atomic mass is 19.1. The Hall–Kier alpha value is -1.04. The van der Waals surface area contributed by atoms with Crippen molar-refractivity contribution in [1.29, 1.82) is 0 Å². The van der Waals surface area contributed by atoms with Crippen LogP contribution in [0.4, 0.5) is 8.78 Å². The van der Waals surface area contributed by atoms with E-state index in [9.17, 15) is 8.78 Å². The summed E-state index contributed by atoms with van der Waals surface area (Å²) in [5.74, 6) is -1.06. The number of hydrazine groups is 1. The summed E-state index contributed by atoms with van der Waals surface area (Å²) < 4.78 is 26.3. The van der Waals surface area contributed by atoms with Crippen LogP contribution in [0.5, 0.6) is 0 Å². The first-order chi connectivity index (χ1) is 8.54. The maximum Gasteiger partial charge on any atom is 0.126 e. The number of hydrogen-bond donors (Lipinski definition) is 1. The van der Waals surface area contributed by atoms with E-state index in [0.717, 1.165) is 32.2 Å². The van der Waals surface area contributed by atoms with Crippen LogP contribution in [0.1, 0.15) is 18.5 Å². The molecule has 1 atom stereocenters. The maximum atomic E-state index is 13.1. The van der Waals surface area contributed by atoms with E-state index in [1.54, 1.807) is 0 Å². The molecule has 1 aliphatic rings. The van der Waals surface area contributed by atoms with E-state index in [0.29, 0.717) is 5.56 Å². The summed E-state index contributed by atoms with van der Waals surface area (Å²) in [7, 11) is 2.09. The molecule has 0 aliphatic carbocycles. The van der Waals surface area contributed by atoms with Crippen molar-refractivity contribution in [2.75, 3.05) is 33.2 Å². The van der Waals surface area contributed by atoms with E-state index in [1.165, 1.54) is 12.1 Å². The molecule has 1 aromatic rings. The van der Waals surface area contributed by atoms with Crippen molar-refractivity contribution in [2.45, 2.75) is 13.0 Å². The molecule has 0 aromatic heterocycles. The summed E-state index contributed by atoms with van der Waals surface area (Å²) >= 11 is 0. The van der Waals surface area contributed by atoms with Crippen LogP contribution < -0.4 is 5.43 Å². The molecule has 100 valence electrons. The van der Waals surface area contributed by atoms with E-state index >= 15 is 0 Å². The van der Waals surface area contributed by atoms with Crippen molar-refractivity contribution in [3.8, 4) is 0 Å². The first-order valence-electron chi connectivity index (χ1n) is 6.20. The van der Waals surface area contributed by atoms with Gasteiger partial charge in [-0.2, -0.15) is 0 Å². The Bertz CT molecular complexity index is 383. The van der Waals surface area contributed by atoms with Gasteiger partial charge < -0.3 is 4.90 Å². The van der Waals surface area contributed by atoms with Gasteiger partial charge in [0.05, 0.1) is 0 Å². The van der Waals surface area contributed by atoms with Gasteiger partial charge in [-0.3, -0.25) is 0 Å². The van der Waals surface area contributed by atoms with E-state index in [1.807, 2.05) is 6.92 Å². The minimum atomic E-state index is -0.531. The lowest BCUT2D eigenvalue weighted by Crippen LogP contribution is -2.51. The molecule has 0 bridgehead atoms. The summed E-state index contributed by atoms with van der Waals surface area (Å²) in [6, 6.07) is 3.54. The number of likely N-dealkylation sites (N-methyl/N-ethyl adjacent to an activating group) is 1. The molecule has 0 amide bonds. The van der Waals surface area contributed by atoms with E-state index in [2.05, 4.69) is 22.4 Å². The Morgan fingerprint density at radius 2 is 1.61 bits per heavy atom. The Labute approximate surface area is 106 Å². The number of rotatable bonds is 3. The summed E-state index contributed by atoms with van der Waals surface area (Å²) in [6.07, 6.45) is 0. The van der Waals surface area contributed by atoms with Crippen molar-refractivity contribution in [2.24, 2.45) is 0 Å². The number of benzene rings is 1. The molecule has 0 radical (unpaired) electrons. The molecule has 0 saturated carbocycles. The van der Waals surface area contributed by atoms with E-state index in [4.69, 9.17) is 0 Å². The molecule has 1 fully saturated rings. The molecule has 1 saturated heterocycles. The van der Waals surface area contributed by atoms with Crippen LogP contribution in [0.15, 0.2) is 18.2 Å². The summed E-state index contributed by atoms with van der Waals surface area (Å²) in [6.45, 7) is 5.73. The average Bonchev–Trinajstić information content (AvgIpc) is 2.31. The average molecular weight is 255 g/mol. The molecule has 18 heavy (non-hydrogen) atoms. The molecule has 1 unspecified atom stereocenters. The SMILES string of the molecule is CC(NN1CCN(C)CC1)c1cc(F)cc(F)c1. The third-order valence-electron chi connectivity index (χ3n) is 3.26. The molecular weight excluding hydrogens is 236 g/mol. The normalized spacial score (nSPS) is 20.0. The number of nitrogens with zero attached hydrogens (tertiary/aromatic N) is 2. The quantitative estimate of drug-likeness (QED) is 0.888. The molecule has 3 nitrogen and oxygen atoms in total. The Morgan fingerprint density at radius 3 is 2.17 bits per heavy atom. The van der Waals surface area contributed by atoms with Gasteiger partial charge >= 0.3 is 0 Å². The van der Waals surface area contributed by atoms with Gasteiger partial charge in [-0.25, -0.2) is 19.2 Å². The van der Waals surface area contributed by atoms with Gasteiger partial charge in [0.1, 0.15) is 11.6 Å². The predicted octanol–water partition coefficient (Wildman–Crippen LogP) is 1.78. The molecule has 2 rings (SSSR count). The predicted molar refractivity (Wildman–Crippen MR) is 67.0 cm³/mol. The highest BCUT2D eigenvalue weighted by molar-refractivity contribution is 5.20. The van der Waals surface area contributed by atoms with Crippen molar-refractivity contribution < 1.29 is 8.78 Å². The van der Waals surface area contributed by atoms with Crippen LogP contribution in [-0.2, 0) is 0 Å². The molecule has 1 heterocycles. The van der Waals surface area contributed by atoms with Crippen LogP contribution >= 0.6 is 0 Å². The zero-order chi connectivity index (χ0) is 13.1. The minimum Gasteiger partial charge on any atom is -0.304 e. The van der Waals surface area contributed by atoms with Crippen LogP contribution in [0.2, 0.25) is 0 Å². The molecule has 5 heteroatoms. The van der Waals surface area contributed by atoms with Gasteiger partial charge in [-0.15, -0.1) is 0 Å². The van der Waals surface area contributed by atoms with Crippen LogP contribution in [0.3, 0.4) is 0 Å². The Balaban J connectivity index is 1.96. The monoisotopic (exact) mass is 255 g/mol. The van der Waals surface area contributed by atoms with Crippen molar-refractivity contribution in [1.82, 2.24) is 15.3 Å². The lowest BCUT2D eigenvalue weighted by Gasteiger charge is -2.34. The Morgan fingerprint density at radius 1 is 1.06 bits per heavy atom. The fourth-order valence-electron chi connectivity index (χ4n) is 2.11. The second-order valence-corrected chi connectivity index (χ2v) is 4.84. The number of hydrogen-bond acceptors (Lipinski definition) is 3. The summed E-state index contributed by atoms with van der Waals surface area (Å²) in [5, 5.41) is 2.10. The molecular formula is C13H19F2N3. The van der Waals surface area contributed by atoms with Gasteiger partial charge in [0, 0.05) is 38.3 Å². The third kappa shape index (κ3) is 3.48. The van der Waals surface area contributed by atoms with Crippen molar-refractivity contribution >= 4 is 0 Å². The molecule has 0 spiro atoms. The first-order valence-corrected chi connectivity index (χ1v) is 6.20. The lowest BCUT2D eigenvalue weighted by atomic mass is 10.1. The summed E-state index contributed by atoms with van der Waals surface area (Å²) in [4.78, 5) is 2.25. The molecule has 1 aliphatic heterocycles. The fourth-order valence-corrected chi connectivity index (χ4v) is 2.11. The number of halogens is 2. The van der Waals surface area contributed by atoms with Gasteiger partial charge in [-0.1, -0.05) is 0 Å². The Kier molecular flexibility index (Phi) is 4.27. The smallest absolute Gasteiger partial charge is 0.126 e. The zero-order valence-electron chi connectivity index (χ0n) is 10.8. The van der Waals surface area contributed by atoms with Gasteiger partial charge in [0.2, 0.25) is 0 Å². The van der Waals surface area contributed by atoms with Crippen LogP contribution in [-0.4, -0.2) is 43.1 Å². The highest BCUT2D eigenvalue weighted by Crippen LogP contribution is 2.16. The fraction of sp³-hybridized carbons (Fsp3) is 0.538. The lowest BCUT2D eigenvalue weighted by molar-refractivity contribution is 0.0898. The van der Waals surface area contributed by atoms with Gasteiger partial charge in [0.25, 0.3) is 0 Å². The van der Waals surface area contributed by atoms with Crippen molar-refractivity contribution in [3.63, 3.8) is 0 Å². The highest BCUT2D eigenvalue weighted by Gasteiger charge is 2.16. The van der Waals surface area contributed by atoms with Crippen LogP contribution in [0.25, 0.3) is 0 Å². The minimum absolute atomic E-state index is 0.0985. The van der Waals surface area contributed by atoms with E-state index in [-0.39, 0.29) is 6.04 Å². The second-order valence-electron chi connectivity index (χ2n) is 4.84. The van der Waals surface area contributed by atoms with Crippen LogP contribution in [0, 0.1) is 11.6 Å². The number of piperazine rings is 1. The number of nitrogens with one attached hydrogen (secondary N) is 1. The molecule has 1 N–H and O–H groups in total. The van der Waals surface area contributed by atoms with Gasteiger partial charge in [0.15, 0.2) is 0 Å². The third-order valence-corrected chi connectivity index (χ3v) is 3.26. The second kappa shape index (κ2) is 5.73.